The molecule has 0 amide bonds. The van der Waals surface area contributed by atoms with E-state index >= 15 is 0 Å². The van der Waals surface area contributed by atoms with Crippen LogP contribution in [0.2, 0.25) is 0 Å². The minimum atomic E-state index is 0.493. The van der Waals surface area contributed by atoms with Crippen LogP contribution in [0.4, 0.5) is 0 Å². The lowest BCUT2D eigenvalue weighted by atomic mass is 9.85. The van der Waals surface area contributed by atoms with Crippen LogP contribution in [0.1, 0.15) is 39.5 Å². The summed E-state index contributed by atoms with van der Waals surface area (Å²) in [4.78, 5) is 2.61. The van der Waals surface area contributed by atoms with Gasteiger partial charge in [0.05, 0.1) is 0 Å². The van der Waals surface area contributed by atoms with Crippen LogP contribution >= 0.6 is 0 Å². The summed E-state index contributed by atoms with van der Waals surface area (Å²) < 4.78 is 0. The Bertz CT molecular complexity index is 191. The molecule has 0 aromatic carbocycles. The van der Waals surface area contributed by atoms with Crippen molar-refractivity contribution in [2.45, 2.75) is 51.6 Å². The molecule has 13 heavy (non-hydrogen) atoms. The molecule has 2 atom stereocenters. The van der Waals surface area contributed by atoms with Gasteiger partial charge in [-0.2, -0.15) is 0 Å². The van der Waals surface area contributed by atoms with Gasteiger partial charge in [0.2, 0.25) is 0 Å². The van der Waals surface area contributed by atoms with E-state index in [1.54, 1.807) is 0 Å². The van der Waals surface area contributed by atoms with E-state index in [2.05, 4.69) is 18.7 Å². The molecule has 2 aliphatic rings. The summed E-state index contributed by atoms with van der Waals surface area (Å²) in [5.41, 5.74) is 6.61. The zero-order valence-corrected chi connectivity index (χ0v) is 8.92. The Balaban J connectivity index is 1.97. The molecule has 0 aromatic heterocycles. The first-order valence-corrected chi connectivity index (χ1v) is 5.61. The molecule has 2 rings (SSSR count). The van der Waals surface area contributed by atoms with Crippen molar-refractivity contribution in [2.24, 2.45) is 11.1 Å². The average Bonchev–Trinajstić information content (AvgIpc) is 2.61. The molecule has 1 spiro atoms. The Kier molecular flexibility index (Phi) is 2.37. The van der Waals surface area contributed by atoms with Gasteiger partial charge >= 0.3 is 0 Å². The Morgan fingerprint density at radius 3 is 2.62 bits per heavy atom. The summed E-state index contributed by atoms with van der Waals surface area (Å²) in [6.07, 6.45) is 5.29. The van der Waals surface area contributed by atoms with Crippen LogP contribution in [0.5, 0.6) is 0 Å². The fraction of sp³-hybridized carbons (Fsp3) is 1.00. The zero-order chi connectivity index (χ0) is 9.47. The Hall–Kier alpha value is -0.0800. The van der Waals surface area contributed by atoms with Crippen molar-refractivity contribution in [2.75, 3.05) is 13.1 Å². The highest BCUT2D eigenvalue weighted by atomic mass is 15.2. The van der Waals surface area contributed by atoms with Crippen LogP contribution in [-0.2, 0) is 0 Å². The van der Waals surface area contributed by atoms with Gasteiger partial charge in [-0.05, 0) is 51.5 Å². The number of likely N-dealkylation sites (tertiary alicyclic amines) is 1. The van der Waals surface area contributed by atoms with Crippen molar-refractivity contribution in [1.29, 1.82) is 0 Å². The van der Waals surface area contributed by atoms with Gasteiger partial charge in [0, 0.05) is 18.6 Å². The van der Waals surface area contributed by atoms with Crippen molar-refractivity contribution < 1.29 is 0 Å². The highest BCUT2D eigenvalue weighted by Gasteiger charge is 2.43. The van der Waals surface area contributed by atoms with Gasteiger partial charge in [0.1, 0.15) is 0 Å². The first kappa shape index (κ1) is 9.47. The van der Waals surface area contributed by atoms with E-state index in [9.17, 15) is 0 Å². The quantitative estimate of drug-likeness (QED) is 0.667. The van der Waals surface area contributed by atoms with Crippen molar-refractivity contribution in [3.63, 3.8) is 0 Å². The first-order chi connectivity index (χ1) is 6.11. The molecule has 1 heterocycles. The predicted octanol–water partition coefficient (Wildman–Crippen LogP) is 1.60. The maximum absolute atomic E-state index is 5.99. The second-order valence-electron chi connectivity index (χ2n) is 5.32. The van der Waals surface area contributed by atoms with Crippen molar-refractivity contribution in [3.05, 3.63) is 0 Å². The minimum Gasteiger partial charge on any atom is -0.328 e. The van der Waals surface area contributed by atoms with E-state index in [0.717, 1.165) is 6.04 Å². The molecule has 0 radical (unpaired) electrons. The lowest BCUT2D eigenvalue weighted by molar-refractivity contribution is 0.224. The van der Waals surface area contributed by atoms with E-state index in [1.807, 2.05) is 0 Å². The summed E-state index contributed by atoms with van der Waals surface area (Å²) in [5.74, 6) is 0. The molecule has 2 unspecified atom stereocenters. The third kappa shape index (κ3) is 1.75. The second-order valence-corrected chi connectivity index (χ2v) is 5.32. The molecule has 2 N–H and O–H groups in total. The SMILES string of the molecule is CC(C)N1CCC2(CCC(N)C2)C1. The standard InChI is InChI=1S/C11H22N2/c1-9(2)13-6-5-11(8-13)4-3-10(12)7-11/h9-10H,3-8,12H2,1-2H3. The summed E-state index contributed by atoms with van der Waals surface area (Å²) in [7, 11) is 0. The molecule has 1 saturated heterocycles. The average molecular weight is 182 g/mol. The van der Waals surface area contributed by atoms with Gasteiger partial charge in [0.15, 0.2) is 0 Å². The minimum absolute atomic E-state index is 0.493. The molecule has 1 aliphatic heterocycles. The molecule has 1 aliphatic carbocycles. The molecule has 2 nitrogen and oxygen atoms in total. The van der Waals surface area contributed by atoms with Crippen LogP contribution in [0.25, 0.3) is 0 Å². The maximum atomic E-state index is 5.99. The fourth-order valence-electron chi connectivity index (χ4n) is 3.03. The molecular weight excluding hydrogens is 160 g/mol. The molecule has 1 saturated carbocycles. The van der Waals surface area contributed by atoms with E-state index in [0.29, 0.717) is 11.5 Å². The van der Waals surface area contributed by atoms with Crippen LogP contribution < -0.4 is 5.73 Å². The molecule has 76 valence electrons. The third-order valence-corrected chi connectivity index (χ3v) is 3.94. The van der Waals surface area contributed by atoms with Crippen LogP contribution in [0.15, 0.2) is 0 Å². The molecule has 2 heteroatoms. The molecule has 2 fully saturated rings. The van der Waals surface area contributed by atoms with Gasteiger partial charge in [-0.25, -0.2) is 0 Å². The second kappa shape index (κ2) is 3.25. The molecule has 0 bridgehead atoms. The number of nitrogens with two attached hydrogens (primary N) is 1. The lowest BCUT2D eigenvalue weighted by Gasteiger charge is -2.26. The van der Waals surface area contributed by atoms with Gasteiger partial charge in [0.25, 0.3) is 0 Å². The van der Waals surface area contributed by atoms with Gasteiger partial charge in [-0.3, -0.25) is 0 Å². The Morgan fingerprint density at radius 2 is 2.15 bits per heavy atom. The van der Waals surface area contributed by atoms with Crippen LogP contribution in [0.3, 0.4) is 0 Å². The topological polar surface area (TPSA) is 29.3 Å². The van der Waals surface area contributed by atoms with E-state index in [1.165, 1.54) is 38.8 Å². The van der Waals surface area contributed by atoms with Gasteiger partial charge < -0.3 is 10.6 Å². The monoisotopic (exact) mass is 182 g/mol. The molecule has 0 aromatic rings. The van der Waals surface area contributed by atoms with E-state index in [4.69, 9.17) is 5.73 Å². The number of nitrogens with zero attached hydrogens (tertiary/aromatic N) is 1. The van der Waals surface area contributed by atoms with Crippen molar-refractivity contribution in [1.82, 2.24) is 4.90 Å². The van der Waals surface area contributed by atoms with Crippen LogP contribution in [0, 0.1) is 5.41 Å². The Labute approximate surface area is 81.5 Å². The summed E-state index contributed by atoms with van der Waals surface area (Å²) >= 11 is 0. The van der Waals surface area contributed by atoms with Gasteiger partial charge in [-0.1, -0.05) is 0 Å². The molecular formula is C11H22N2. The number of hydrogen-bond acceptors (Lipinski definition) is 2. The number of hydrogen-bond donors (Lipinski definition) is 1. The summed E-state index contributed by atoms with van der Waals surface area (Å²) in [6.45, 7) is 7.20. The van der Waals surface area contributed by atoms with E-state index in [-0.39, 0.29) is 0 Å². The maximum Gasteiger partial charge on any atom is 0.00448 e. The lowest BCUT2D eigenvalue weighted by Crippen LogP contribution is -2.31. The zero-order valence-electron chi connectivity index (χ0n) is 8.92. The highest BCUT2D eigenvalue weighted by molar-refractivity contribution is 4.97. The van der Waals surface area contributed by atoms with E-state index < -0.39 is 0 Å². The van der Waals surface area contributed by atoms with Crippen molar-refractivity contribution in [3.8, 4) is 0 Å². The summed E-state index contributed by atoms with van der Waals surface area (Å²) in [5, 5.41) is 0. The van der Waals surface area contributed by atoms with Gasteiger partial charge in [-0.15, -0.1) is 0 Å². The van der Waals surface area contributed by atoms with Crippen LogP contribution in [-0.4, -0.2) is 30.1 Å². The van der Waals surface area contributed by atoms with Crippen molar-refractivity contribution >= 4 is 0 Å². The fourth-order valence-corrected chi connectivity index (χ4v) is 3.03. The Morgan fingerprint density at radius 1 is 1.38 bits per heavy atom. The number of rotatable bonds is 1. The summed E-state index contributed by atoms with van der Waals surface area (Å²) in [6, 6.07) is 1.21. The normalized spacial score (nSPS) is 41.1. The predicted molar refractivity (Wildman–Crippen MR) is 55.6 cm³/mol. The highest BCUT2D eigenvalue weighted by Crippen LogP contribution is 2.45. The third-order valence-electron chi connectivity index (χ3n) is 3.94. The first-order valence-electron chi connectivity index (χ1n) is 5.61. The smallest absolute Gasteiger partial charge is 0.00448 e. The largest absolute Gasteiger partial charge is 0.328 e.